The molecule has 1 saturated heterocycles. The maximum Gasteiger partial charge on any atom is 0.220 e. The Balaban J connectivity index is 2.22. The Labute approximate surface area is 106 Å². The Bertz CT molecular complexity index is 329. The highest BCUT2D eigenvalue weighted by atomic mass is 79.9. The van der Waals surface area contributed by atoms with Crippen LogP contribution in [0.2, 0.25) is 0 Å². The number of likely N-dealkylation sites (tertiary alicyclic amines) is 1. The molecule has 0 N–H and O–H groups in total. The summed E-state index contributed by atoms with van der Waals surface area (Å²) >= 11 is 7.14. The Morgan fingerprint density at radius 3 is 2.53 bits per heavy atom. The van der Waals surface area contributed by atoms with E-state index in [1.165, 1.54) is 6.92 Å². The number of ketones is 1. The number of piperidine rings is 1. The molecule has 1 unspecified atom stereocenters. The second kappa shape index (κ2) is 3.55. The fourth-order valence-corrected chi connectivity index (χ4v) is 4.24. The molecule has 15 heavy (non-hydrogen) atoms. The molecule has 2 rings (SSSR count). The van der Waals surface area contributed by atoms with E-state index < -0.39 is 0 Å². The lowest BCUT2D eigenvalue weighted by atomic mass is 10.1. The molecule has 1 saturated carbocycles. The van der Waals surface area contributed by atoms with Gasteiger partial charge in [-0.1, -0.05) is 38.8 Å². The lowest BCUT2D eigenvalue weighted by Crippen LogP contribution is -2.44. The van der Waals surface area contributed by atoms with Gasteiger partial charge in [-0.3, -0.25) is 9.59 Å². The number of hydrogen-bond donors (Lipinski definition) is 0. The molecule has 3 nitrogen and oxygen atoms in total. The molecular weight excluding hydrogens is 326 g/mol. The molecule has 0 bridgehead atoms. The van der Waals surface area contributed by atoms with Crippen molar-refractivity contribution in [2.45, 2.75) is 29.5 Å². The van der Waals surface area contributed by atoms with E-state index in [2.05, 4.69) is 31.9 Å². The zero-order valence-corrected chi connectivity index (χ0v) is 11.8. The third-order valence-corrected chi connectivity index (χ3v) is 5.65. The quantitative estimate of drug-likeness (QED) is 0.721. The van der Waals surface area contributed by atoms with E-state index in [1.54, 1.807) is 4.90 Å². The van der Waals surface area contributed by atoms with Gasteiger partial charge in [-0.05, 0) is 0 Å². The highest BCUT2D eigenvalue weighted by Crippen LogP contribution is 2.67. The molecule has 1 aliphatic heterocycles. The van der Waals surface area contributed by atoms with Gasteiger partial charge in [0.15, 0.2) is 5.78 Å². The number of alkyl halides is 2. The largest absolute Gasteiger partial charge is 0.332 e. The highest BCUT2D eigenvalue weighted by molar-refractivity contribution is 9.25. The minimum absolute atomic E-state index is 0.00444. The summed E-state index contributed by atoms with van der Waals surface area (Å²) in [6.45, 7) is 4.07. The number of amides is 1. The SMILES string of the molecule is CCC(=O)C1[C@@H]2[C@H](CN1C(C)=O)C2(Br)Br. The predicted octanol–water partition coefficient (Wildman–Crippen LogP) is 1.93. The Hall–Kier alpha value is 0.1000. The van der Waals surface area contributed by atoms with Crippen LogP contribution in [0, 0.1) is 11.8 Å². The zero-order chi connectivity index (χ0) is 11.4. The fourth-order valence-electron chi connectivity index (χ4n) is 2.51. The second-order valence-electron chi connectivity index (χ2n) is 4.24. The third-order valence-electron chi connectivity index (χ3n) is 3.42. The third kappa shape index (κ3) is 1.58. The van der Waals surface area contributed by atoms with Crippen molar-refractivity contribution in [1.29, 1.82) is 0 Å². The Morgan fingerprint density at radius 2 is 2.07 bits per heavy atom. The van der Waals surface area contributed by atoms with Gasteiger partial charge >= 0.3 is 0 Å². The molecule has 2 aliphatic rings. The van der Waals surface area contributed by atoms with E-state index in [4.69, 9.17) is 0 Å². The molecule has 1 amide bonds. The first kappa shape index (κ1) is 11.6. The first-order valence-electron chi connectivity index (χ1n) is 5.09. The predicted molar refractivity (Wildman–Crippen MR) is 64.0 cm³/mol. The molecule has 1 heterocycles. The van der Waals surface area contributed by atoms with Gasteiger partial charge in [-0.2, -0.15) is 0 Å². The van der Waals surface area contributed by atoms with Crippen molar-refractivity contribution in [3.8, 4) is 0 Å². The van der Waals surface area contributed by atoms with Crippen molar-refractivity contribution in [1.82, 2.24) is 4.90 Å². The van der Waals surface area contributed by atoms with Gasteiger partial charge in [0.25, 0.3) is 0 Å². The summed E-state index contributed by atoms with van der Waals surface area (Å²) in [5.74, 6) is 0.791. The summed E-state index contributed by atoms with van der Waals surface area (Å²) in [5.41, 5.74) is 0. The molecular formula is C10H13Br2NO2. The number of rotatable bonds is 2. The normalized spacial score (nSPS) is 36.3. The minimum Gasteiger partial charge on any atom is -0.332 e. The molecule has 0 aromatic heterocycles. The van der Waals surface area contributed by atoms with Crippen molar-refractivity contribution in [3.63, 3.8) is 0 Å². The van der Waals surface area contributed by atoms with Crippen LogP contribution < -0.4 is 0 Å². The van der Waals surface area contributed by atoms with Crippen LogP contribution in [0.4, 0.5) is 0 Å². The first-order chi connectivity index (χ1) is 6.91. The summed E-state index contributed by atoms with van der Waals surface area (Å²) in [5, 5.41) is 0. The van der Waals surface area contributed by atoms with Crippen LogP contribution in [0.25, 0.3) is 0 Å². The van der Waals surface area contributed by atoms with Gasteiger partial charge < -0.3 is 4.90 Å². The van der Waals surface area contributed by atoms with E-state index in [-0.39, 0.29) is 26.9 Å². The maximum absolute atomic E-state index is 11.8. The number of halogens is 2. The topological polar surface area (TPSA) is 37.4 Å². The lowest BCUT2D eigenvalue weighted by Gasteiger charge is -2.27. The van der Waals surface area contributed by atoms with E-state index in [9.17, 15) is 9.59 Å². The van der Waals surface area contributed by atoms with E-state index in [0.717, 1.165) is 0 Å². The van der Waals surface area contributed by atoms with E-state index in [1.807, 2.05) is 6.92 Å². The zero-order valence-electron chi connectivity index (χ0n) is 8.67. The maximum atomic E-state index is 11.8. The molecule has 0 aromatic rings. The average Bonchev–Trinajstić information content (AvgIpc) is 2.60. The molecule has 0 radical (unpaired) electrons. The second-order valence-corrected chi connectivity index (χ2v) is 7.93. The average molecular weight is 339 g/mol. The van der Waals surface area contributed by atoms with Gasteiger partial charge in [0, 0.05) is 31.7 Å². The van der Waals surface area contributed by atoms with Crippen LogP contribution >= 0.6 is 31.9 Å². The molecule has 2 fully saturated rings. The number of carbonyl (C=O) groups excluding carboxylic acids is 2. The van der Waals surface area contributed by atoms with E-state index >= 15 is 0 Å². The molecule has 0 spiro atoms. The fraction of sp³-hybridized carbons (Fsp3) is 0.800. The minimum atomic E-state index is -0.226. The number of carbonyl (C=O) groups is 2. The lowest BCUT2D eigenvalue weighted by molar-refractivity contribution is -0.136. The number of nitrogens with zero attached hydrogens (tertiary/aromatic N) is 1. The van der Waals surface area contributed by atoms with Crippen molar-refractivity contribution in [2.24, 2.45) is 11.8 Å². The first-order valence-corrected chi connectivity index (χ1v) is 6.67. The van der Waals surface area contributed by atoms with Gasteiger partial charge in [0.05, 0.1) is 9.28 Å². The van der Waals surface area contributed by atoms with E-state index in [0.29, 0.717) is 18.9 Å². The van der Waals surface area contributed by atoms with Gasteiger partial charge in [0.1, 0.15) is 0 Å². The molecule has 5 heteroatoms. The summed E-state index contributed by atoms with van der Waals surface area (Å²) in [6, 6.07) is -0.226. The van der Waals surface area contributed by atoms with Gasteiger partial charge in [-0.15, -0.1) is 0 Å². The standard InChI is InChI=1S/C10H13Br2NO2/c1-3-7(15)9-8-6(10(8,11)12)4-13(9)5(2)14/h6,8-9H,3-4H2,1-2H3/t6-,8-,9?/m0/s1. The van der Waals surface area contributed by atoms with Crippen molar-refractivity contribution in [2.75, 3.05) is 6.54 Å². The van der Waals surface area contributed by atoms with Crippen molar-refractivity contribution < 1.29 is 9.59 Å². The van der Waals surface area contributed by atoms with Gasteiger partial charge in [0.2, 0.25) is 5.91 Å². The summed E-state index contributed by atoms with van der Waals surface area (Å²) in [6.07, 6.45) is 0.494. The van der Waals surface area contributed by atoms with Crippen LogP contribution in [0.3, 0.4) is 0 Å². The van der Waals surface area contributed by atoms with Crippen LogP contribution in [-0.2, 0) is 9.59 Å². The smallest absolute Gasteiger partial charge is 0.220 e. The summed E-state index contributed by atoms with van der Waals surface area (Å²) < 4.78 is -0.110. The Morgan fingerprint density at radius 1 is 1.47 bits per heavy atom. The summed E-state index contributed by atoms with van der Waals surface area (Å²) in [7, 11) is 0. The van der Waals surface area contributed by atoms with Gasteiger partial charge in [-0.25, -0.2) is 0 Å². The monoisotopic (exact) mass is 337 g/mol. The molecule has 1 aliphatic carbocycles. The molecule has 3 atom stereocenters. The van der Waals surface area contributed by atoms with Crippen LogP contribution in [0.15, 0.2) is 0 Å². The van der Waals surface area contributed by atoms with Crippen LogP contribution in [-0.4, -0.2) is 32.4 Å². The highest BCUT2D eigenvalue weighted by Gasteiger charge is 2.71. The number of Topliss-reactive ketones (excluding diaryl/α,β-unsaturated/α-hetero) is 1. The number of hydrogen-bond acceptors (Lipinski definition) is 2. The van der Waals surface area contributed by atoms with Crippen LogP contribution in [0.1, 0.15) is 20.3 Å². The number of fused-ring (bicyclic) bond motifs is 1. The summed E-state index contributed by atoms with van der Waals surface area (Å²) in [4.78, 5) is 24.9. The van der Waals surface area contributed by atoms with Crippen molar-refractivity contribution in [3.05, 3.63) is 0 Å². The van der Waals surface area contributed by atoms with Crippen LogP contribution in [0.5, 0.6) is 0 Å². The van der Waals surface area contributed by atoms with Crippen molar-refractivity contribution >= 4 is 43.6 Å². The Kier molecular flexibility index (Phi) is 2.74. The molecule has 84 valence electrons. The molecule has 0 aromatic carbocycles.